The molecule has 7 heteroatoms. The Morgan fingerprint density at radius 3 is 1.95 bits per heavy atom. The number of rotatable bonds is 4. The number of hydrogen-bond donors (Lipinski definition) is 0. The van der Waals surface area contributed by atoms with E-state index in [9.17, 15) is 0 Å². The summed E-state index contributed by atoms with van der Waals surface area (Å²) in [5.74, 6) is 3.41. The van der Waals surface area contributed by atoms with Crippen LogP contribution in [-0.2, 0) is 17.0 Å². The fourth-order valence-electron chi connectivity index (χ4n) is 7.19. The molecular weight excluding hydrogens is 551 g/mol. The van der Waals surface area contributed by atoms with E-state index in [4.69, 9.17) is 28.7 Å². The van der Waals surface area contributed by atoms with Crippen LogP contribution in [0.4, 0.5) is 0 Å². The summed E-state index contributed by atoms with van der Waals surface area (Å²) in [6, 6.07) is 9.03. The van der Waals surface area contributed by atoms with Gasteiger partial charge >= 0.3 is 35.6 Å². The molecule has 1 saturated heterocycles. The van der Waals surface area contributed by atoms with Gasteiger partial charge in [-0.1, -0.05) is 104 Å². The standard InChI is InChI=1S/C29H33N2OSi.CH3.2ClH.Ti/c1-32-21-17-15-20(16-18-21)22-13-8-14-27-28(22)30-19-31(27)33(2,3)29-25-11-6-4-9-23(25)24-10-5-7-12-26(24)29;;;;/h4-18,23-29H,19H2,1-3H3;1H3;2*1H;/q2*-1;;;+2/p-2/t23?,24?,25?,26?,27-,28?,29?;;;;/m1..../s1. The van der Waals surface area contributed by atoms with E-state index in [2.05, 4.69) is 109 Å². The first-order valence-electron chi connectivity index (χ1n) is 12.6. The summed E-state index contributed by atoms with van der Waals surface area (Å²) in [5, 5.41) is 5.23. The van der Waals surface area contributed by atoms with E-state index in [-0.39, 0.29) is 13.5 Å². The molecule has 0 bridgehead atoms. The minimum absolute atomic E-state index is 0. The third-order valence-corrected chi connectivity index (χ3v) is 13.0. The van der Waals surface area contributed by atoms with Gasteiger partial charge in [-0.15, -0.1) is 6.67 Å². The van der Waals surface area contributed by atoms with Crippen LogP contribution in [-0.4, -0.2) is 38.7 Å². The molecule has 0 amide bonds. The Bertz CT molecular complexity index is 1090. The monoisotopic (exact) mass is 586 g/mol. The van der Waals surface area contributed by atoms with Crippen molar-refractivity contribution in [3.63, 3.8) is 0 Å². The maximum absolute atomic E-state index is 5.37. The molecule has 6 atom stereocenters. The van der Waals surface area contributed by atoms with Crippen molar-refractivity contribution in [2.24, 2.45) is 23.7 Å². The minimum atomic E-state index is -1.84. The van der Waals surface area contributed by atoms with Crippen molar-refractivity contribution in [1.82, 2.24) is 4.57 Å². The molecule has 1 aromatic rings. The van der Waals surface area contributed by atoms with E-state index in [0.29, 0.717) is 35.3 Å². The Hall–Kier alpha value is -1.11. The molecule has 0 aromatic heterocycles. The van der Waals surface area contributed by atoms with Crippen LogP contribution in [0.5, 0.6) is 5.75 Å². The van der Waals surface area contributed by atoms with Gasteiger partial charge in [0.25, 0.3) is 0 Å². The number of benzene rings is 1. The van der Waals surface area contributed by atoms with Crippen molar-refractivity contribution >= 4 is 32.4 Å². The van der Waals surface area contributed by atoms with E-state index in [1.54, 1.807) is 7.11 Å². The number of fused-ring (bicyclic) bond motifs is 4. The Balaban J connectivity index is 0.000000765. The number of allylic oxidation sites excluding steroid dienone is 10. The van der Waals surface area contributed by atoms with E-state index < -0.39 is 25.3 Å². The Labute approximate surface area is 240 Å². The Kier molecular flexibility index (Phi) is 9.67. The van der Waals surface area contributed by atoms with Gasteiger partial charge in [-0.05, 0) is 46.9 Å². The average molecular weight is 587 g/mol. The van der Waals surface area contributed by atoms with Gasteiger partial charge in [0.05, 0.1) is 7.11 Å². The zero-order valence-electron chi connectivity index (χ0n) is 22.0. The zero-order chi connectivity index (χ0) is 25.3. The summed E-state index contributed by atoms with van der Waals surface area (Å²) in [5.41, 5.74) is 3.27. The van der Waals surface area contributed by atoms with Crippen molar-refractivity contribution in [3.05, 3.63) is 109 Å². The van der Waals surface area contributed by atoms with Gasteiger partial charge < -0.3 is 22.0 Å². The Morgan fingerprint density at radius 1 is 0.865 bits per heavy atom. The number of methoxy groups -OCH3 is 1. The number of ether oxygens (including phenoxy) is 1. The molecule has 0 radical (unpaired) electrons. The van der Waals surface area contributed by atoms with Gasteiger partial charge in [0.1, 0.15) is 14.0 Å². The maximum atomic E-state index is 5.37. The molecule has 5 aliphatic rings. The van der Waals surface area contributed by atoms with Crippen molar-refractivity contribution in [1.29, 1.82) is 0 Å². The third-order valence-electron chi connectivity index (χ3n) is 8.71. The molecule has 0 spiro atoms. The quantitative estimate of drug-likeness (QED) is 0.263. The van der Waals surface area contributed by atoms with E-state index in [1.165, 1.54) is 11.1 Å². The second kappa shape index (κ2) is 12.4. The molecule has 0 N–H and O–H groups in total. The predicted octanol–water partition coefficient (Wildman–Crippen LogP) is 8.16. The summed E-state index contributed by atoms with van der Waals surface area (Å²) in [7, 11) is 9.66. The summed E-state index contributed by atoms with van der Waals surface area (Å²) < 4.78 is 8.18. The molecular formula is C30H36Cl2N2OSiTi-2. The molecule has 1 saturated carbocycles. The second-order valence-corrected chi connectivity index (χ2v) is 17.7. The number of halogens is 2. The Morgan fingerprint density at radius 2 is 1.41 bits per heavy atom. The summed E-state index contributed by atoms with van der Waals surface area (Å²) >= 11 is -0.556. The van der Waals surface area contributed by atoms with Crippen molar-refractivity contribution in [2.75, 3.05) is 13.8 Å². The van der Waals surface area contributed by atoms with E-state index in [1.807, 2.05) is 0 Å². The molecule has 1 heterocycles. The zero-order valence-corrected chi connectivity index (χ0v) is 26.0. The van der Waals surface area contributed by atoms with Crippen LogP contribution >= 0.6 is 18.6 Å². The molecule has 1 aromatic carbocycles. The molecule has 3 nitrogen and oxygen atoms in total. The SMILES string of the molecule is COc1ccc(C2=CC=C[C@@H]3C2[N-]CN3[Si](C)(C)C2C3C=CC=CC3C3C=CC=CC32)cc1.[CH3-].[Cl][Ti][Cl]. The van der Waals surface area contributed by atoms with Gasteiger partial charge in [0.15, 0.2) is 0 Å². The molecule has 196 valence electrons. The van der Waals surface area contributed by atoms with Gasteiger partial charge in [0.2, 0.25) is 0 Å². The first kappa shape index (κ1) is 28.9. The summed E-state index contributed by atoms with van der Waals surface area (Å²) in [6.45, 7) is 6.05. The van der Waals surface area contributed by atoms with Crippen LogP contribution in [0.2, 0.25) is 18.6 Å². The van der Waals surface area contributed by atoms with E-state index >= 15 is 0 Å². The first-order chi connectivity index (χ1) is 17.5. The summed E-state index contributed by atoms with van der Waals surface area (Å²) in [6.07, 6.45) is 26.0. The van der Waals surface area contributed by atoms with Crippen molar-refractivity contribution < 1.29 is 21.8 Å². The average Bonchev–Trinajstić information content (AvgIpc) is 3.50. The number of hydrogen-bond acceptors (Lipinski definition) is 2. The van der Waals surface area contributed by atoms with Crippen LogP contribution < -0.4 is 4.74 Å². The van der Waals surface area contributed by atoms with Crippen molar-refractivity contribution in [3.8, 4) is 5.75 Å². The number of nitrogens with zero attached hydrogens (tertiary/aromatic N) is 2. The molecule has 2 fully saturated rings. The van der Waals surface area contributed by atoms with Crippen LogP contribution in [0, 0.1) is 31.1 Å². The second-order valence-electron chi connectivity index (χ2n) is 10.6. The van der Waals surface area contributed by atoms with Crippen LogP contribution in [0.3, 0.4) is 0 Å². The molecule has 6 rings (SSSR count). The topological polar surface area (TPSA) is 26.6 Å². The van der Waals surface area contributed by atoms with Crippen LogP contribution in [0.1, 0.15) is 5.56 Å². The van der Waals surface area contributed by atoms with Gasteiger partial charge in [-0.3, -0.25) is 0 Å². The van der Waals surface area contributed by atoms with Gasteiger partial charge in [-0.25, -0.2) is 0 Å². The van der Waals surface area contributed by atoms with Crippen molar-refractivity contribution in [2.45, 2.75) is 30.7 Å². The fourth-order valence-corrected chi connectivity index (χ4v) is 11.6. The van der Waals surface area contributed by atoms with Gasteiger partial charge in [-0.2, -0.15) is 0 Å². The molecule has 5 unspecified atom stereocenters. The first-order valence-corrected chi connectivity index (χ1v) is 20.0. The van der Waals surface area contributed by atoms with Crippen LogP contribution in [0.15, 0.2) is 91.1 Å². The molecule has 4 aliphatic carbocycles. The van der Waals surface area contributed by atoms with Gasteiger partial charge in [0, 0.05) is 6.04 Å². The third kappa shape index (κ3) is 5.36. The van der Waals surface area contributed by atoms with E-state index in [0.717, 1.165) is 12.4 Å². The predicted molar refractivity (Wildman–Crippen MR) is 158 cm³/mol. The summed E-state index contributed by atoms with van der Waals surface area (Å²) in [4.78, 5) is 0. The molecule has 37 heavy (non-hydrogen) atoms. The normalized spacial score (nSPS) is 32.9. The van der Waals surface area contributed by atoms with Crippen LogP contribution in [0.25, 0.3) is 10.9 Å². The fraction of sp³-hybridized carbons (Fsp3) is 0.367. The molecule has 1 aliphatic heterocycles.